The number of benzene rings is 1. The van der Waals surface area contributed by atoms with Gasteiger partial charge in [-0.1, -0.05) is 59.2 Å². The van der Waals surface area contributed by atoms with Crippen molar-refractivity contribution in [3.05, 3.63) is 56.2 Å². The van der Waals surface area contributed by atoms with Gasteiger partial charge in [-0.05, 0) is 24.6 Å². The standard InChI is InChI=1S/C18H24F3N5O2.C3H8.C2H6/c1-4-9-23-11-26(10-12-7-5-6-8-13(12)18(19,20)21)14-15(22)24(2)17(28)25(3)16(14)27;1-3-2;1-2/h5-8,23H,4,9-11,22H2,1-3H3;3H2,1-2H3;1-2H3. The van der Waals surface area contributed by atoms with Crippen LogP contribution in [0.1, 0.15) is 58.6 Å². The molecule has 0 atom stereocenters. The summed E-state index contributed by atoms with van der Waals surface area (Å²) in [5.41, 5.74) is 3.92. The monoisotopic (exact) mass is 473 g/mol. The van der Waals surface area contributed by atoms with Gasteiger partial charge in [-0.2, -0.15) is 13.2 Å². The molecule has 0 saturated heterocycles. The molecule has 0 aliphatic heterocycles. The number of halogens is 3. The van der Waals surface area contributed by atoms with Crippen molar-refractivity contribution in [2.75, 3.05) is 23.8 Å². The number of nitrogens with two attached hydrogens (primary N) is 1. The van der Waals surface area contributed by atoms with Crippen LogP contribution in [0.2, 0.25) is 0 Å². The number of nitrogen functional groups attached to an aromatic ring is 1. The van der Waals surface area contributed by atoms with E-state index in [0.717, 1.165) is 21.6 Å². The number of alkyl halides is 3. The van der Waals surface area contributed by atoms with Gasteiger partial charge in [0, 0.05) is 20.6 Å². The minimum Gasteiger partial charge on any atom is -0.383 e. The van der Waals surface area contributed by atoms with E-state index in [1.807, 2.05) is 20.8 Å². The van der Waals surface area contributed by atoms with Gasteiger partial charge in [-0.15, -0.1) is 0 Å². The van der Waals surface area contributed by atoms with Crippen molar-refractivity contribution in [2.45, 2.75) is 60.2 Å². The Morgan fingerprint density at radius 2 is 1.58 bits per heavy atom. The van der Waals surface area contributed by atoms with Crippen LogP contribution in [0.15, 0.2) is 33.9 Å². The maximum absolute atomic E-state index is 13.4. The predicted molar refractivity (Wildman–Crippen MR) is 129 cm³/mol. The van der Waals surface area contributed by atoms with Crippen LogP contribution in [-0.4, -0.2) is 22.3 Å². The summed E-state index contributed by atoms with van der Waals surface area (Å²) in [6.07, 6.45) is -2.48. The largest absolute Gasteiger partial charge is 0.416 e. The van der Waals surface area contributed by atoms with Crippen LogP contribution in [0.25, 0.3) is 0 Å². The van der Waals surface area contributed by atoms with Crippen LogP contribution in [0.3, 0.4) is 0 Å². The first-order chi connectivity index (χ1) is 15.5. The maximum atomic E-state index is 13.4. The zero-order valence-electron chi connectivity index (χ0n) is 20.7. The highest BCUT2D eigenvalue weighted by Crippen LogP contribution is 2.33. The Morgan fingerprint density at radius 3 is 2.09 bits per heavy atom. The number of hydrogen-bond acceptors (Lipinski definition) is 5. The second-order valence-electron chi connectivity index (χ2n) is 7.16. The molecule has 0 saturated carbocycles. The zero-order chi connectivity index (χ0) is 25.8. The van der Waals surface area contributed by atoms with Crippen LogP contribution >= 0.6 is 0 Å². The van der Waals surface area contributed by atoms with E-state index in [2.05, 4.69) is 19.2 Å². The Bertz CT molecular complexity index is 968. The van der Waals surface area contributed by atoms with Crippen LogP contribution in [-0.2, 0) is 26.8 Å². The lowest BCUT2D eigenvalue weighted by atomic mass is 10.1. The fourth-order valence-corrected chi connectivity index (χ4v) is 2.88. The normalized spacial score (nSPS) is 10.6. The van der Waals surface area contributed by atoms with Crippen molar-refractivity contribution >= 4 is 11.5 Å². The van der Waals surface area contributed by atoms with E-state index in [9.17, 15) is 22.8 Å². The first-order valence-electron chi connectivity index (χ1n) is 11.2. The Morgan fingerprint density at radius 1 is 1.03 bits per heavy atom. The molecule has 0 bridgehead atoms. The second kappa shape index (κ2) is 14.4. The number of hydrogen-bond donors (Lipinski definition) is 2. The first kappa shape index (κ1) is 30.2. The van der Waals surface area contributed by atoms with E-state index >= 15 is 0 Å². The molecule has 0 unspecified atom stereocenters. The van der Waals surface area contributed by atoms with Gasteiger partial charge in [-0.25, -0.2) is 4.79 Å². The fraction of sp³-hybridized carbons (Fsp3) is 0.565. The lowest BCUT2D eigenvalue weighted by Gasteiger charge is -2.28. The van der Waals surface area contributed by atoms with Gasteiger partial charge in [0.05, 0.1) is 12.2 Å². The molecule has 0 fully saturated rings. The molecule has 0 aliphatic rings. The molecule has 0 spiro atoms. The van der Waals surface area contributed by atoms with Crippen LogP contribution in [0.4, 0.5) is 24.7 Å². The second-order valence-corrected chi connectivity index (χ2v) is 7.16. The van der Waals surface area contributed by atoms with Crippen molar-refractivity contribution in [1.82, 2.24) is 14.5 Å². The van der Waals surface area contributed by atoms with E-state index in [-0.39, 0.29) is 30.3 Å². The number of rotatable bonds is 7. The van der Waals surface area contributed by atoms with Crippen molar-refractivity contribution < 1.29 is 13.2 Å². The van der Waals surface area contributed by atoms with Gasteiger partial charge in [0.1, 0.15) is 11.5 Å². The maximum Gasteiger partial charge on any atom is 0.416 e. The molecule has 0 radical (unpaired) electrons. The topological polar surface area (TPSA) is 85.3 Å². The van der Waals surface area contributed by atoms with E-state index < -0.39 is 23.0 Å². The van der Waals surface area contributed by atoms with Crippen molar-refractivity contribution in [3.63, 3.8) is 0 Å². The van der Waals surface area contributed by atoms with Crippen LogP contribution in [0, 0.1) is 0 Å². The summed E-state index contributed by atoms with van der Waals surface area (Å²) in [4.78, 5) is 26.2. The summed E-state index contributed by atoms with van der Waals surface area (Å²) in [6.45, 7) is 10.7. The molecule has 1 heterocycles. The minimum atomic E-state index is -4.53. The fourth-order valence-electron chi connectivity index (χ4n) is 2.88. The first-order valence-corrected chi connectivity index (χ1v) is 11.2. The Labute approximate surface area is 194 Å². The van der Waals surface area contributed by atoms with Gasteiger partial charge >= 0.3 is 11.9 Å². The lowest BCUT2D eigenvalue weighted by Crippen LogP contribution is -2.45. The highest BCUT2D eigenvalue weighted by Gasteiger charge is 2.33. The molecule has 2 aromatic rings. The molecule has 33 heavy (non-hydrogen) atoms. The highest BCUT2D eigenvalue weighted by atomic mass is 19.4. The van der Waals surface area contributed by atoms with Crippen LogP contribution < -0.4 is 27.2 Å². The smallest absolute Gasteiger partial charge is 0.383 e. The summed E-state index contributed by atoms with van der Waals surface area (Å²) in [5.74, 6) is -0.101. The summed E-state index contributed by atoms with van der Waals surface area (Å²) in [5, 5.41) is 3.07. The Hall–Kier alpha value is -2.75. The lowest BCUT2D eigenvalue weighted by molar-refractivity contribution is -0.138. The minimum absolute atomic E-state index is 0.00334. The van der Waals surface area contributed by atoms with E-state index in [1.54, 1.807) is 0 Å². The van der Waals surface area contributed by atoms with Gasteiger partial charge in [-0.3, -0.25) is 19.2 Å². The van der Waals surface area contributed by atoms with E-state index in [1.165, 1.54) is 43.6 Å². The van der Waals surface area contributed by atoms with Gasteiger partial charge in [0.15, 0.2) is 0 Å². The molecule has 1 aromatic heterocycles. The molecule has 2 rings (SSSR count). The SMILES string of the molecule is CC.CCC.CCCNCN(Cc1ccccc1C(F)(F)F)c1c(N)n(C)c(=O)n(C)c1=O. The average Bonchev–Trinajstić information content (AvgIpc) is 2.78. The molecule has 0 amide bonds. The van der Waals surface area contributed by atoms with Gasteiger partial charge in [0.2, 0.25) is 0 Å². The zero-order valence-corrected chi connectivity index (χ0v) is 20.7. The van der Waals surface area contributed by atoms with Crippen molar-refractivity contribution in [3.8, 4) is 0 Å². The van der Waals surface area contributed by atoms with Crippen LogP contribution in [0.5, 0.6) is 0 Å². The molecule has 1 aromatic carbocycles. The third-order valence-electron chi connectivity index (χ3n) is 4.41. The predicted octanol–water partition coefficient (Wildman–Crippen LogP) is 4.09. The molecule has 0 aliphatic carbocycles. The quantitative estimate of drug-likeness (QED) is 0.467. The summed E-state index contributed by atoms with van der Waals surface area (Å²) >= 11 is 0. The number of anilines is 2. The molecule has 3 N–H and O–H groups in total. The van der Waals surface area contributed by atoms with Crippen molar-refractivity contribution in [2.24, 2.45) is 14.1 Å². The molecular formula is C23H38F3N5O2. The number of nitrogens with one attached hydrogen (secondary N) is 1. The van der Waals surface area contributed by atoms with E-state index in [4.69, 9.17) is 5.73 Å². The summed E-state index contributed by atoms with van der Waals surface area (Å²) in [7, 11) is 2.71. The molecular weight excluding hydrogens is 435 g/mol. The van der Waals surface area contributed by atoms with Gasteiger partial charge in [0.25, 0.3) is 5.56 Å². The van der Waals surface area contributed by atoms with Crippen molar-refractivity contribution in [1.29, 1.82) is 0 Å². The molecule has 7 nitrogen and oxygen atoms in total. The Balaban J connectivity index is 0.00000189. The average molecular weight is 474 g/mol. The molecule has 10 heteroatoms. The summed E-state index contributed by atoms with van der Waals surface area (Å²) in [6, 6.07) is 5.17. The number of aromatic nitrogens is 2. The third-order valence-corrected chi connectivity index (χ3v) is 4.41. The Kier molecular flexibility index (Phi) is 13.2. The highest BCUT2D eigenvalue weighted by molar-refractivity contribution is 5.62. The molecule has 188 valence electrons. The third kappa shape index (κ3) is 8.27. The summed E-state index contributed by atoms with van der Waals surface area (Å²) < 4.78 is 42.1. The number of nitrogens with zero attached hydrogens (tertiary/aromatic N) is 3. The van der Waals surface area contributed by atoms with E-state index in [0.29, 0.717) is 6.54 Å². The van der Waals surface area contributed by atoms with Gasteiger partial charge < -0.3 is 10.6 Å².